The van der Waals surface area contributed by atoms with Crippen molar-refractivity contribution in [2.24, 2.45) is 10.9 Å². The van der Waals surface area contributed by atoms with Crippen LogP contribution in [0.4, 0.5) is 0 Å². The van der Waals surface area contributed by atoms with Gasteiger partial charge >= 0.3 is 0 Å². The van der Waals surface area contributed by atoms with E-state index in [0.717, 1.165) is 12.1 Å². The highest BCUT2D eigenvalue weighted by atomic mass is 14.8. The van der Waals surface area contributed by atoms with E-state index in [1.54, 1.807) is 0 Å². The second kappa shape index (κ2) is 4.17. The minimum absolute atomic E-state index is 0.179. The molecular formula is C11H16N2. The highest BCUT2D eigenvalue weighted by Gasteiger charge is 2.11. The predicted molar refractivity (Wildman–Crippen MR) is 57.5 cm³/mol. The summed E-state index contributed by atoms with van der Waals surface area (Å²) >= 11 is 0. The molecular weight excluding hydrogens is 160 g/mol. The minimum Gasteiger partial charge on any atom is -0.286 e. The predicted octanol–water partition coefficient (Wildman–Crippen LogP) is 2.97. The maximum atomic E-state index is 7.71. The highest BCUT2D eigenvalue weighted by molar-refractivity contribution is 5.96. The van der Waals surface area contributed by atoms with Gasteiger partial charge in [0.2, 0.25) is 0 Å². The normalized spacial score (nSPS) is 20.8. The molecule has 0 aliphatic heterocycles. The molecule has 1 aliphatic rings. The molecule has 0 saturated heterocycles. The topological polar surface area (TPSA) is 36.2 Å². The Hall–Kier alpha value is -1.18. The van der Waals surface area contributed by atoms with Crippen molar-refractivity contribution in [1.29, 1.82) is 5.41 Å². The summed E-state index contributed by atoms with van der Waals surface area (Å²) in [5.41, 5.74) is 2.23. The van der Waals surface area contributed by atoms with Crippen LogP contribution in [-0.2, 0) is 0 Å². The molecule has 0 aromatic heterocycles. The molecule has 0 aromatic carbocycles. The van der Waals surface area contributed by atoms with Crippen molar-refractivity contribution >= 4 is 11.5 Å². The van der Waals surface area contributed by atoms with E-state index in [1.165, 1.54) is 5.57 Å². The summed E-state index contributed by atoms with van der Waals surface area (Å²) in [5.74, 6) is 0.651. The van der Waals surface area contributed by atoms with Gasteiger partial charge in [-0.25, -0.2) is 4.99 Å². The summed E-state index contributed by atoms with van der Waals surface area (Å²) in [6.07, 6.45) is 7.19. The Balaban J connectivity index is 2.63. The van der Waals surface area contributed by atoms with Crippen molar-refractivity contribution in [3.05, 3.63) is 23.8 Å². The van der Waals surface area contributed by atoms with Crippen LogP contribution < -0.4 is 0 Å². The first-order chi connectivity index (χ1) is 6.09. The van der Waals surface area contributed by atoms with Gasteiger partial charge in [-0.3, -0.25) is 5.41 Å². The van der Waals surface area contributed by atoms with Crippen molar-refractivity contribution < 1.29 is 0 Å². The molecule has 2 nitrogen and oxygen atoms in total. The zero-order chi connectivity index (χ0) is 9.84. The molecule has 70 valence electrons. The van der Waals surface area contributed by atoms with E-state index in [1.807, 2.05) is 13.8 Å². The third kappa shape index (κ3) is 2.98. The summed E-state index contributed by atoms with van der Waals surface area (Å²) in [5, 5.41) is 7.71. The Labute approximate surface area is 79.6 Å². The number of aliphatic imine (C=N–C) groups is 1. The molecule has 1 aliphatic carbocycles. The third-order valence-corrected chi connectivity index (χ3v) is 1.98. The van der Waals surface area contributed by atoms with Crippen LogP contribution in [0.5, 0.6) is 0 Å². The molecule has 1 unspecified atom stereocenters. The molecule has 13 heavy (non-hydrogen) atoms. The van der Waals surface area contributed by atoms with Gasteiger partial charge in [0.15, 0.2) is 0 Å². The first-order valence-corrected chi connectivity index (χ1v) is 4.55. The Morgan fingerprint density at radius 2 is 2.23 bits per heavy atom. The zero-order valence-corrected chi connectivity index (χ0v) is 8.46. The van der Waals surface area contributed by atoms with E-state index < -0.39 is 0 Å². The molecule has 0 aromatic rings. The zero-order valence-electron chi connectivity index (χ0n) is 8.46. The second-order valence-electron chi connectivity index (χ2n) is 3.59. The molecule has 0 amide bonds. The number of amidine groups is 1. The van der Waals surface area contributed by atoms with Gasteiger partial charge in [-0.2, -0.15) is 0 Å². The molecule has 1 atom stereocenters. The summed E-state index contributed by atoms with van der Waals surface area (Å²) < 4.78 is 0. The quantitative estimate of drug-likeness (QED) is 0.471. The van der Waals surface area contributed by atoms with Gasteiger partial charge in [0.05, 0.1) is 0 Å². The van der Waals surface area contributed by atoms with Gasteiger partial charge in [0.25, 0.3) is 0 Å². The lowest BCUT2D eigenvalue weighted by atomic mass is 9.96. The van der Waals surface area contributed by atoms with Crippen LogP contribution in [0.25, 0.3) is 0 Å². The second-order valence-corrected chi connectivity index (χ2v) is 3.59. The van der Waals surface area contributed by atoms with Crippen LogP contribution in [-0.4, -0.2) is 11.5 Å². The lowest BCUT2D eigenvalue weighted by Gasteiger charge is -2.12. The molecule has 2 heteroatoms. The smallest absolute Gasteiger partial charge is 0.127 e. The van der Waals surface area contributed by atoms with Crippen molar-refractivity contribution in [3.8, 4) is 0 Å². The third-order valence-electron chi connectivity index (χ3n) is 1.98. The van der Waals surface area contributed by atoms with Gasteiger partial charge in [-0.15, -0.1) is 0 Å². The summed E-state index contributed by atoms with van der Waals surface area (Å²) in [6.45, 7) is 5.91. The fraction of sp³-hybridized carbons (Fsp3) is 0.455. The van der Waals surface area contributed by atoms with E-state index in [-0.39, 0.29) is 5.92 Å². The van der Waals surface area contributed by atoms with Crippen LogP contribution in [0.3, 0.4) is 0 Å². The number of nitrogens with one attached hydrogen (secondary N) is 1. The lowest BCUT2D eigenvalue weighted by molar-refractivity contribution is 0.843. The average Bonchev–Trinajstić information content (AvgIpc) is 2.04. The minimum atomic E-state index is 0.179. The standard InChI is InChI=1S/C11H16N2/c1-8(2)13-11(12)10-6-4-9(3)5-7-10/h4-6,10,12H,7H2,1-3H3. The maximum absolute atomic E-state index is 7.71. The summed E-state index contributed by atoms with van der Waals surface area (Å²) in [4.78, 5) is 4.15. The fourth-order valence-electron chi connectivity index (χ4n) is 1.25. The van der Waals surface area contributed by atoms with Crippen molar-refractivity contribution in [1.82, 2.24) is 0 Å². The molecule has 0 spiro atoms. The van der Waals surface area contributed by atoms with Gasteiger partial charge in [-0.1, -0.05) is 23.8 Å². The summed E-state index contributed by atoms with van der Waals surface area (Å²) in [7, 11) is 0. The van der Waals surface area contributed by atoms with Crippen LogP contribution in [0, 0.1) is 11.3 Å². The van der Waals surface area contributed by atoms with Crippen LogP contribution in [0.2, 0.25) is 0 Å². The number of allylic oxidation sites excluding steroid dienone is 3. The number of hydrogen-bond acceptors (Lipinski definition) is 1. The van der Waals surface area contributed by atoms with Crippen LogP contribution >= 0.6 is 0 Å². The molecule has 0 heterocycles. The first kappa shape index (κ1) is 9.90. The first-order valence-electron chi connectivity index (χ1n) is 4.55. The summed E-state index contributed by atoms with van der Waals surface area (Å²) in [6, 6.07) is 0. The number of rotatable bonds is 1. The Morgan fingerprint density at radius 1 is 1.54 bits per heavy atom. The molecule has 1 N–H and O–H groups in total. The van der Waals surface area contributed by atoms with Gasteiger partial charge in [0.1, 0.15) is 5.84 Å². The van der Waals surface area contributed by atoms with E-state index in [4.69, 9.17) is 5.41 Å². The van der Waals surface area contributed by atoms with Crippen molar-refractivity contribution in [2.45, 2.75) is 27.2 Å². The SMILES string of the molecule is CC1=CCC(C(=N)N=C(C)C)C=C1. The van der Waals surface area contributed by atoms with Gasteiger partial charge in [0, 0.05) is 11.6 Å². The molecule has 0 bridgehead atoms. The average molecular weight is 176 g/mol. The van der Waals surface area contributed by atoms with E-state index in [9.17, 15) is 0 Å². The fourth-order valence-corrected chi connectivity index (χ4v) is 1.25. The Bertz CT molecular complexity index is 291. The van der Waals surface area contributed by atoms with Crippen LogP contribution in [0.1, 0.15) is 27.2 Å². The molecule has 1 rings (SSSR count). The lowest BCUT2D eigenvalue weighted by Crippen LogP contribution is -2.11. The monoisotopic (exact) mass is 176 g/mol. The van der Waals surface area contributed by atoms with Gasteiger partial charge in [-0.05, 0) is 27.2 Å². The highest BCUT2D eigenvalue weighted by Crippen LogP contribution is 2.17. The molecule has 0 fully saturated rings. The van der Waals surface area contributed by atoms with Crippen LogP contribution in [0.15, 0.2) is 28.8 Å². The Kier molecular flexibility index (Phi) is 3.18. The van der Waals surface area contributed by atoms with E-state index in [0.29, 0.717) is 5.84 Å². The van der Waals surface area contributed by atoms with Gasteiger partial charge < -0.3 is 0 Å². The van der Waals surface area contributed by atoms with Crippen molar-refractivity contribution in [3.63, 3.8) is 0 Å². The largest absolute Gasteiger partial charge is 0.286 e. The Morgan fingerprint density at radius 3 is 2.69 bits per heavy atom. The van der Waals surface area contributed by atoms with Crippen molar-refractivity contribution in [2.75, 3.05) is 0 Å². The molecule has 0 saturated carbocycles. The number of hydrogen-bond donors (Lipinski definition) is 1. The van der Waals surface area contributed by atoms with E-state index >= 15 is 0 Å². The molecule has 0 radical (unpaired) electrons. The van der Waals surface area contributed by atoms with E-state index in [2.05, 4.69) is 30.1 Å². The number of nitrogens with zero attached hydrogens (tertiary/aromatic N) is 1. The maximum Gasteiger partial charge on any atom is 0.127 e.